The molecular weight excluding hydrogens is 855 g/mol. The molecular formula is C53H51N3O9S. The molecule has 2 aliphatic heterocycles. The van der Waals surface area contributed by atoms with Crippen molar-refractivity contribution in [3.8, 4) is 22.6 Å². The Bertz CT molecular complexity index is 2590. The van der Waals surface area contributed by atoms with Crippen LogP contribution in [0.1, 0.15) is 40.0 Å². The molecule has 5 N–H and O–H groups in total. The lowest BCUT2D eigenvalue weighted by atomic mass is 9.89. The zero-order chi connectivity index (χ0) is 46.4. The van der Waals surface area contributed by atoms with E-state index < -0.39 is 59.4 Å². The number of rotatable bonds is 12. The fraction of sp³-hybridized carbons (Fsp3) is 0.245. The number of benzene rings is 5. The molecule has 0 fully saturated rings. The fourth-order valence-corrected chi connectivity index (χ4v) is 8.79. The topological polar surface area (TPSA) is 188 Å². The Labute approximate surface area is 387 Å². The summed E-state index contributed by atoms with van der Waals surface area (Å²) in [5.41, 5.74) is 4.63. The largest absolute Gasteiger partial charge is 0.508 e. The van der Waals surface area contributed by atoms with Gasteiger partial charge in [0.15, 0.2) is 11.6 Å². The molecule has 2 bridgehead atoms. The zero-order valence-corrected chi connectivity index (χ0v) is 37.0. The van der Waals surface area contributed by atoms with Crippen LogP contribution in [0.3, 0.4) is 0 Å². The molecule has 5 atom stereocenters. The molecule has 12 nitrogen and oxygen atoms in total. The number of carboxylic acid groups (broad SMARTS) is 1. The Morgan fingerprint density at radius 1 is 0.652 bits per heavy atom. The van der Waals surface area contributed by atoms with Crippen molar-refractivity contribution >= 4 is 46.6 Å². The van der Waals surface area contributed by atoms with Gasteiger partial charge in [0.05, 0.1) is 6.04 Å². The predicted octanol–water partition coefficient (Wildman–Crippen LogP) is 6.72. The third-order valence-corrected chi connectivity index (χ3v) is 12.5. The predicted molar refractivity (Wildman–Crippen MR) is 251 cm³/mol. The number of ketones is 2. The zero-order valence-electron chi connectivity index (χ0n) is 36.1. The Balaban J connectivity index is 1.22. The van der Waals surface area contributed by atoms with Gasteiger partial charge >= 0.3 is 5.97 Å². The number of nitrogens with one attached hydrogen (secondary N) is 3. The van der Waals surface area contributed by atoms with Gasteiger partial charge in [-0.05, 0) is 88.4 Å². The fourth-order valence-electron chi connectivity index (χ4n) is 8.00. The number of hydrogen-bond acceptors (Lipinski definition) is 9. The second kappa shape index (κ2) is 22.5. The molecule has 3 amide bonds. The van der Waals surface area contributed by atoms with E-state index in [0.29, 0.717) is 16.9 Å². The van der Waals surface area contributed by atoms with E-state index in [-0.39, 0.29) is 63.1 Å². The Kier molecular flexibility index (Phi) is 15.9. The molecule has 0 unspecified atom stereocenters. The first-order chi connectivity index (χ1) is 31.9. The van der Waals surface area contributed by atoms with Crippen LogP contribution in [0.2, 0.25) is 0 Å². The van der Waals surface area contributed by atoms with E-state index in [2.05, 4.69) is 16.0 Å². The van der Waals surface area contributed by atoms with Crippen LogP contribution >= 0.6 is 11.3 Å². The van der Waals surface area contributed by atoms with Crippen LogP contribution in [0, 0.1) is 11.8 Å². The Morgan fingerprint density at radius 2 is 1.27 bits per heavy atom. The van der Waals surface area contributed by atoms with E-state index in [1.165, 1.54) is 23.5 Å². The van der Waals surface area contributed by atoms with Crippen LogP contribution < -0.4 is 20.7 Å². The van der Waals surface area contributed by atoms with Crippen molar-refractivity contribution in [1.29, 1.82) is 0 Å². The van der Waals surface area contributed by atoms with Crippen molar-refractivity contribution in [2.75, 3.05) is 6.61 Å². The summed E-state index contributed by atoms with van der Waals surface area (Å²) in [6.07, 6.45) is -0.224. The highest BCUT2D eigenvalue weighted by molar-refractivity contribution is 7.09. The molecule has 5 aromatic carbocycles. The minimum Gasteiger partial charge on any atom is -0.508 e. The first-order valence-corrected chi connectivity index (χ1v) is 22.7. The molecule has 0 saturated heterocycles. The first kappa shape index (κ1) is 46.6. The van der Waals surface area contributed by atoms with Gasteiger partial charge in [-0.25, -0.2) is 4.79 Å². The van der Waals surface area contributed by atoms with Crippen LogP contribution in [0.5, 0.6) is 11.5 Å². The second-order valence-corrected chi connectivity index (χ2v) is 17.6. The van der Waals surface area contributed by atoms with Crippen molar-refractivity contribution in [2.24, 2.45) is 11.8 Å². The van der Waals surface area contributed by atoms with E-state index in [1.54, 1.807) is 36.4 Å². The van der Waals surface area contributed by atoms with Crippen LogP contribution in [0.15, 0.2) is 151 Å². The highest BCUT2D eigenvalue weighted by Crippen LogP contribution is 2.24. The third kappa shape index (κ3) is 13.3. The van der Waals surface area contributed by atoms with Crippen molar-refractivity contribution in [3.63, 3.8) is 0 Å². The highest BCUT2D eigenvalue weighted by atomic mass is 32.1. The number of phenols is 1. The summed E-state index contributed by atoms with van der Waals surface area (Å²) in [4.78, 5) is 84.9. The SMILES string of the molecule is O=C1COc2ccc(cc2)C[C@@H](C(=O)N[C@@H](Cc2ccc(O)cc2)C(=O)O)CC(=O)[C@H](Cc2ccccc2)NC(=O)[C@H](Cc2ccc(-c3ccccc3)cc2)NC(=O)[C@H](Cc2cccs2)C1. The van der Waals surface area contributed by atoms with Gasteiger partial charge in [0, 0.05) is 42.4 Å². The average molecular weight is 906 g/mol. The average Bonchev–Trinajstić information content (AvgIpc) is 3.84. The number of phenolic OH excluding ortho intramolecular Hbond substituents is 1. The molecule has 6 aromatic rings. The number of Topliss-reactive ketones (excluding diaryl/α,β-unsaturated/α-hetero) is 2. The standard InChI is InChI=1S/C53H51N3O9S/c57-42-21-15-37(16-22-42)29-48(53(63)64)56-50(60)40-26-35-17-23-44(24-18-35)65-33-43(58)30-41(31-45-12-7-25-66-45)51(61)55-47(28-36-13-19-39(20-14-36)38-10-5-2-6-11-38)52(62)54-46(49(59)32-40)27-34-8-3-1-4-9-34/h1-25,40-41,46-48,57H,26-33H2,(H,54,62)(H,55,61)(H,56,60)(H,63,64)/t40-,41+,46+,47+,48+/m1/s1. The smallest absolute Gasteiger partial charge is 0.326 e. The highest BCUT2D eigenvalue weighted by Gasteiger charge is 2.34. The lowest BCUT2D eigenvalue weighted by Gasteiger charge is -2.26. The number of carboxylic acids is 1. The number of carbonyl (C=O) groups is 6. The number of carbonyl (C=O) groups excluding carboxylic acids is 5. The van der Waals surface area contributed by atoms with E-state index in [4.69, 9.17) is 4.74 Å². The molecule has 13 heteroatoms. The maximum Gasteiger partial charge on any atom is 0.326 e. The summed E-state index contributed by atoms with van der Waals surface area (Å²) >= 11 is 1.46. The first-order valence-electron chi connectivity index (χ1n) is 21.8. The maximum atomic E-state index is 14.7. The van der Waals surface area contributed by atoms with Crippen molar-refractivity contribution in [3.05, 3.63) is 178 Å². The molecule has 338 valence electrons. The quantitative estimate of drug-likeness (QED) is 0.0889. The van der Waals surface area contributed by atoms with Gasteiger partial charge in [0.2, 0.25) is 17.7 Å². The number of aromatic hydroxyl groups is 1. The summed E-state index contributed by atoms with van der Waals surface area (Å²) in [6, 6.07) is 39.3. The third-order valence-electron chi connectivity index (χ3n) is 11.6. The summed E-state index contributed by atoms with van der Waals surface area (Å²) < 4.78 is 5.86. The maximum absolute atomic E-state index is 14.7. The van der Waals surface area contributed by atoms with Crippen molar-refractivity contribution < 1.29 is 43.7 Å². The molecule has 0 aliphatic carbocycles. The Hall–Kier alpha value is -7.38. The van der Waals surface area contributed by atoms with E-state index in [9.17, 15) is 39.0 Å². The van der Waals surface area contributed by atoms with Crippen molar-refractivity contribution in [2.45, 2.75) is 63.1 Å². The van der Waals surface area contributed by atoms with Crippen LogP contribution in [0.25, 0.3) is 11.1 Å². The normalized spacial score (nSPS) is 19.0. The number of aliphatic carboxylic acids is 1. The van der Waals surface area contributed by atoms with E-state index >= 15 is 0 Å². The summed E-state index contributed by atoms with van der Waals surface area (Å²) in [7, 11) is 0. The molecule has 0 saturated carbocycles. The minimum absolute atomic E-state index is 0.00524. The van der Waals surface area contributed by atoms with Gasteiger partial charge in [-0.2, -0.15) is 0 Å². The molecule has 1 aromatic heterocycles. The van der Waals surface area contributed by atoms with Gasteiger partial charge < -0.3 is 30.9 Å². The molecule has 0 spiro atoms. The van der Waals surface area contributed by atoms with Gasteiger partial charge in [0.1, 0.15) is 30.2 Å². The van der Waals surface area contributed by atoms with Gasteiger partial charge in [-0.1, -0.05) is 115 Å². The molecule has 2 aliphatic rings. The van der Waals surface area contributed by atoms with Gasteiger partial charge in [-0.3, -0.25) is 24.0 Å². The lowest BCUT2D eigenvalue weighted by Crippen LogP contribution is -2.54. The Morgan fingerprint density at radius 3 is 1.94 bits per heavy atom. The second-order valence-electron chi connectivity index (χ2n) is 16.6. The van der Waals surface area contributed by atoms with Gasteiger partial charge in [0.25, 0.3) is 0 Å². The lowest BCUT2D eigenvalue weighted by molar-refractivity contribution is -0.142. The number of amides is 3. The summed E-state index contributed by atoms with van der Waals surface area (Å²) in [5.74, 6) is -5.47. The molecule has 0 radical (unpaired) electrons. The number of hydrogen-bond donors (Lipinski definition) is 5. The summed E-state index contributed by atoms with van der Waals surface area (Å²) in [5, 5.41) is 30.4. The molecule has 8 rings (SSSR count). The van der Waals surface area contributed by atoms with E-state index in [1.807, 2.05) is 102 Å². The van der Waals surface area contributed by atoms with Gasteiger partial charge in [-0.15, -0.1) is 11.3 Å². The number of fused-ring (bicyclic) bond motifs is 16. The van der Waals surface area contributed by atoms with E-state index in [0.717, 1.165) is 27.1 Å². The number of thiophene rings is 1. The summed E-state index contributed by atoms with van der Waals surface area (Å²) in [6.45, 7) is -0.316. The number of ether oxygens (including phenoxy) is 1. The molecule has 66 heavy (non-hydrogen) atoms. The minimum atomic E-state index is -1.36. The molecule has 3 heterocycles. The van der Waals surface area contributed by atoms with Crippen LogP contribution in [-0.4, -0.2) is 70.2 Å². The monoisotopic (exact) mass is 905 g/mol. The van der Waals surface area contributed by atoms with Crippen LogP contribution in [-0.2, 0) is 60.9 Å². The van der Waals surface area contributed by atoms with Crippen LogP contribution in [0.4, 0.5) is 0 Å². The van der Waals surface area contributed by atoms with Crippen molar-refractivity contribution in [1.82, 2.24) is 16.0 Å².